The first-order valence-corrected chi connectivity index (χ1v) is 8.35. The quantitative estimate of drug-likeness (QED) is 0.604. The number of halogens is 1. The maximum absolute atomic E-state index is 12.1. The lowest BCUT2D eigenvalue weighted by atomic mass is 10.2. The molecule has 6 heteroatoms. The van der Waals surface area contributed by atoms with Crippen molar-refractivity contribution in [3.8, 4) is 0 Å². The van der Waals surface area contributed by atoms with Crippen LogP contribution < -0.4 is 0 Å². The number of carbonyl (C=O) groups excluding carboxylic acids is 2. The van der Waals surface area contributed by atoms with Crippen molar-refractivity contribution in [3.05, 3.63) is 71.8 Å². The first-order valence-electron chi connectivity index (χ1n) is 7.91. The molecule has 0 spiro atoms. The van der Waals surface area contributed by atoms with Crippen LogP contribution in [0, 0.1) is 0 Å². The maximum Gasteiger partial charge on any atom is 0.338 e. The van der Waals surface area contributed by atoms with E-state index < -0.39 is 29.7 Å². The zero-order valence-electron chi connectivity index (χ0n) is 13.3. The Bertz CT molecular complexity index is 719. The van der Waals surface area contributed by atoms with Gasteiger partial charge in [0.1, 0.15) is 12.7 Å². The Kier molecular flexibility index (Phi) is 5.68. The second kappa shape index (κ2) is 8.14. The number of esters is 2. The first kappa shape index (κ1) is 17.5. The average Bonchev–Trinajstić information content (AvgIpc) is 3.00. The molecule has 130 valence electrons. The van der Waals surface area contributed by atoms with Gasteiger partial charge in [-0.1, -0.05) is 48.0 Å². The van der Waals surface area contributed by atoms with Crippen LogP contribution in [-0.4, -0.2) is 36.3 Å². The minimum Gasteiger partial charge on any atom is -0.459 e. The van der Waals surface area contributed by atoms with E-state index >= 15 is 0 Å². The Hall–Kier alpha value is -2.37. The van der Waals surface area contributed by atoms with E-state index in [1.54, 1.807) is 48.5 Å². The molecule has 0 amide bonds. The van der Waals surface area contributed by atoms with Gasteiger partial charge in [-0.25, -0.2) is 9.59 Å². The number of hydrogen-bond donors (Lipinski definition) is 0. The van der Waals surface area contributed by atoms with Crippen LogP contribution in [0.25, 0.3) is 0 Å². The van der Waals surface area contributed by atoms with E-state index in [1.165, 1.54) is 0 Å². The van der Waals surface area contributed by atoms with Crippen LogP contribution in [-0.2, 0) is 14.2 Å². The molecule has 0 bridgehead atoms. The van der Waals surface area contributed by atoms with Crippen molar-refractivity contribution in [2.45, 2.75) is 24.2 Å². The molecule has 0 N–H and O–H groups in total. The van der Waals surface area contributed by atoms with Gasteiger partial charge in [-0.05, 0) is 24.3 Å². The van der Waals surface area contributed by atoms with Crippen molar-refractivity contribution in [3.63, 3.8) is 0 Å². The normalized spacial score (nSPS) is 22.4. The predicted octanol–water partition coefficient (Wildman–Crippen LogP) is 3.42. The van der Waals surface area contributed by atoms with Crippen molar-refractivity contribution in [1.82, 2.24) is 0 Å². The van der Waals surface area contributed by atoms with Crippen LogP contribution in [0.3, 0.4) is 0 Å². The number of benzene rings is 2. The van der Waals surface area contributed by atoms with Gasteiger partial charge in [0.2, 0.25) is 0 Å². The van der Waals surface area contributed by atoms with Crippen LogP contribution in [0.1, 0.15) is 27.1 Å². The van der Waals surface area contributed by atoms with Gasteiger partial charge in [-0.2, -0.15) is 0 Å². The monoisotopic (exact) mass is 360 g/mol. The van der Waals surface area contributed by atoms with Crippen molar-refractivity contribution in [1.29, 1.82) is 0 Å². The van der Waals surface area contributed by atoms with E-state index in [-0.39, 0.29) is 6.61 Å². The van der Waals surface area contributed by atoms with E-state index in [1.807, 2.05) is 12.1 Å². The second-order valence-electron chi connectivity index (χ2n) is 5.62. The highest BCUT2D eigenvalue weighted by Crippen LogP contribution is 2.27. The Balaban J connectivity index is 1.50. The molecule has 0 saturated carbocycles. The van der Waals surface area contributed by atoms with Gasteiger partial charge in [0.25, 0.3) is 0 Å². The molecular weight excluding hydrogens is 344 g/mol. The largest absolute Gasteiger partial charge is 0.459 e. The average molecular weight is 361 g/mol. The molecular formula is C19H17ClO5. The van der Waals surface area contributed by atoms with E-state index in [9.17, 15) is 9.59 Å². The predicted molar refractivity (Wildman–Crippen MR) is 91.5 cm³/mol. The molecule has 25 heavy (non-hydrogen) atoms. The summed E-state index contributed by atoms with van der Waals surface area (Å²) < 4.78 is 16.1. The van der Waals surface area contributed by atoms with Crippen LogP contribution in [0.15, 0.2) is 60.7 Å². The number of alkyl halides is 1. The summed E-state index contributed by atoms with van der Waals surface area (Å²) in [6.07, 6.45) is -0.632. The summed E-state index contributed by atoms with van der Waals surface area (Å²) in [7, 11) is 0. The third kappa shape index (κ3) is 4.59. The summed E-state index contributed by atoms with van der Waals surface area (Å²) in [5, 5.41) is 0. The van der Waals surface area contributed by atoms with E-state index in [0.29, 0.717) is 17.5 Å². The zero-order valence-corrected chi connectivity index (χ0v) is 14.1. The maximum atomic E-state index is 12.1. The molecule has 2 aromatic carbocycles. The van der Waals surface area contributed by atoms with Crippen molar-refractivity contribution in [2.75, 3.05) is 6.61 Å². The molecule has 0 unspecified atom stereocenters. The second-order valence-corrected chi connectivity index (χ2v) is 6.05. The number of carbonyl (C=O) groups is 2. The van der Waals surface area contributed by atoms with Crippen LogP contribution in [0.4, 0.5) is 0 Å². The highest BCUT2D eigenvalue weighted by molar-refractivity contribution is 6.20. The molecule has 1 fully saturated rings. The molecule has 5 nitrogen and oxygen atoms in total. The molecule has 1 heterocycles. The van der Waals surface area contributed by atoms with Crippen LogP contribution >= 0.6 is 11.6 Å². The molecule has 1 aliphatic rings. The SMILES string of the molecule is O=C(OC[C@H]1C[C@@H](OC(=O)c2ccccc2)[C@H](Cl)O1)c1ccccc1. The van der Waals surface area contributed by atoms with Crippen LogP contribution in [0.2, 0.25) is 0 Å². The lowest BCUT2D eigenvalue weighted by Crippen LogP contribution is -2.23. The lowest BCUT2D eigenvalue weighted by molar-refractivity contribution is 0.0000680. The molecule has 3 atom stereocenters. The van der Waals surface area contributed by atoms with E-state index in [4.69, 9.17) is 25.8 Å². The van der Waals surface area contributed by atoms with Crippen LogP contribution in [0.5, 0.6) is 0 Å². The molecule has 0 aromatic heterocycles. The van der Waals surface area contributed by atoms with Crippen molar-refractivity contribution < 1.29 is 23.8 Å². The Labute approximate surface area is 150 Å². The van der Waals surface area contributed by atoms with Gasteiger partial charge in [0.05, 0.1) is 17.2 Å². The smallest absolute Gasteiger partial charge is 0.338 e. The Morgan fingerprint density at radius 1 is 0.960 bits per heavy atom. The fraction of sp³-hybridized carbons (Fsp3) is 0.263. The Morgan fingerprint density at radius 2 is 1.52 bits per heavy atom. The third-order valence-electron chi connectivity index (χ3n) is 3.79. The lowest BCUT2D eigenvalue weighted by Gasteiger charge is -2.13. The molecule has 0 aliphatic carbocycles. The molecule has 1 aliphatic heterocycles. The van der Waals surface area contributed by atoms with Gasteiger partial charge < -0.3 is 14.2 Å². The number of ether oxygens (including phenoxy) is 3. The minimum absolute atomic E-state index is 0.0519. The molecule has 3 rings (SSSR count). The van der Waals surface area contributed by atoms with Gasteiger partial charge in [-0.15, -0.1) is 0 Å². The summed E-state index contributed by atoms with van der Waals surface area (Å²) in [4.78, 5) is 24.0. The van der Waals surface area contributed by atoms with E-state index in [2.05, 4.69) is 0 Å². The molecule has 0 radical (unpaired) electrons. The van der Waals surface area contributed by atoms with Gasteiger partial charge in [0, 0.05) is 6.42 Å². The molecule has 1 saturated heterocycles. The Morgan fingerprint density at radius 3 is 2.12 bits per heavy atom. The standard InChI is InChI=1S/C19H17ClO5/c20-17-16(25-19(22)14-9-5-2-6-10-14)11-15(24-17)12-23-18(21)13-7-3-1-4-8-13/h1-10,15-17H,11-12H2/t15-,16-,17-/m1/s1. The third-order valence-corrected chi connectivity index (χ3v) is 4.17. The summed E-state index contributed by atoms with van der Waals surface area (Å²) in [6, 6.07) is 17.3. The van der Waals surface area contributed by atoms with Crippen molar-refractivity contribution in [2.24, 2.45) is 0 Å². The topological polar surface area (TPSA) is 61.8 Å². The van der Waals surface area contributed by atoms with E-state index in [0.717, 1.165) is 0 Å². The highest BCUT2D eigenvalue weighted by Gasteiger charge is 2.37. The summed E-state index contributed by atoms with van der Waals surface area (Å²) >= 11 is 6.10. The van der Waals surface area contributed by atoms with Gasteiger partial charge >= 0.3 is 11.9 Å². The number of hydrogen-bond acceptors (Lipinski definition) is 5. The van der Waals surface area contributed by atoms with Gasteiger partial charge in [0.15, 0.2) is 5.56 Å². The number of rotatable bonds is 5. The first-order chi connectivity index (χ1) is 12.1. The summed E-state index contributed by atoms with van der Waals surface area (Å²) in [6.45, 7) is 0.0519. The fourth-order valence-corrected chi connectivity index (χ4v) is 2.81. The zero-order chi connectivity index (χ0) is 17.6. The summed E-state index contributed by atoms with van der Waals surface area (Å²) in [5.74, 6) is -0.887. The van der Waals surface area contributed by atoms with Crippen molar-refractivity contribution >= 4 is 23.5 Å². The van der Waals surface area contributed by atoms with Gasteiger partial charge in [-0.3, -0.25) is 0 Å². The minimum atomic E-state index is -0.770. The molecule has 2 aromatic rings. The summed E-state index contributed by atoms with van der Waals surface area (Å²) in [5.41, 5.74) is 0.147. The fourth-order valence-electron chi connectivity index (χ4n) is 2.51. The highest BCUT2D eigenvalue weighted by atomic mass is 35.5.